The van der Waals surface area contributed by atoms with Crippen molar-refractivity contribution >= 4 is 49.0 Å². The summed E-state index contributed by atoms with van der Waals surface area (Å²) < 4.78 is 26.4. The third-order valence-electron chi connectivity index (χ3n) is 1.86. The molecule has 3 N–H and O–H groups in total. The molecule has 1 atom stereocenters. The maximum atomic E-state index is 11.8. The quantitative estimate of drug-likeness (QED) is 0.815. The SMILES string of the molecule is CC(C(N)=S)S(=O)(=O)Nc1ncccc1Br. The minimum Gasteiger partial charge on any atom is -0.392 e. The third-order valence-corrected chi connectivity index (χ3v) is 4.67. The molecule has 0 fully saturated rings. The summed E-state index contributed by atoms with van der Waals surface area (Å²) in [5, 5.41) is -0.948. The topological polar surface area (TPSA) is 85.1 Å². The first-order valence-electron chi connectivity index (χ1n) is 4.26. The lowest BCUT2D eigenvalue weighted by molar-refractivity contribution is 0.598. The van der Waals surface area contributed by atoms with Crippen LogP contribution in [0.4, 0.5) is 5.82 Å². The van der Waals surface area contributed by atoms with Crippen molar-refractivity contribution in [3.63, 3.8) is 0 Å². The van der Waals surface area contributed by atoms with Crippen LogP contribution in [-0.2, 0) is 10.0 Å². The molecule has 1 rings (SSSR count). The highest BCUT2D eigenvalue weighted by Crippen LogP contribution is 2.20. The Hall–Kier alpha value is -0.730. The Kier molecular flexibility index (Phi) is 4.22. The Morgan fingerprint density at radius 2 is 2.31 bits per heavy atom. The van der Waals surface area contributed by atoms with E-state index < -0.39 is 15.3 Å². The molecule has 0 aliphatic rings. The van der Waals surface area contributed by atoms with E-state index in [9.17, 15) is 8.42 Å². The smallest absolute Gasteiger partial charge is 0.243 e. The Balaban J connectivity index is 2.98. The van der Waals surface area contributed by atoms with Gasteiger partial charge in [0.2, 0.25) is 10.0 Å². The normalized spacial score (nSPS) is 13.1. The van der Waals surface area contributed by atoms with Gasteiger partial charge in [-0.05, 0) is 35.0 Å². The first-order chi connectivity index (χ1) is 7.34. The van der Waals surface area contributed by atoms with Gasteiger partial charge in [0.25, 0.3) is 0 Å². The largest absolute Gasteiger partial charge is 0.392 e. The predicted molar refractivity (Wildman–Crippen MR) is 70.7 cm³/mol. The van der Waals surface area contributed by atoms with E-state index in [1.165, 1.54) is 13.1 Å². The highest BCUT2D eigenvalue weighted by Gasteiger charge is 2.24. The molecule has 0 spiro atoms. The number of nitrogens with two attached hydrogens (primary N) is 1. The maximum absolute atomic E-state index is 11.8. The van der Waals surface area contributed by atoms with Gasteiger partial charge in [-0.25, -0.2) is 13.4 Å². The molecule has 1 aromatic heterocycles. The van der Waals surface area contributed by atoms with Gasteiger partial charge < -0.3 is 5.73 Å². The van der Waals surface area contributed by atoms with Crippen molar-refractivity contribution in [2.45, 2.75) is 12.2 Å². The summed E-state index contributed by atoms with van der Waals surface area (Å²) in [6, 6.07) is 3.36. The van der Waals surface area contributed by atoms with Gasteiger partial charge in [-0.2, -0.15) is 0 Å². The zero-order valence-electron chi connectivity index (χ0n) is 8.34. The van der Waals surface area contributed by atoms with Gasteiger partial charge in [-0.3, -0.25) is 4.72 Å². The van der Waals surface area contributed by atoms with Crippen LogP contribution in [0.2, 0.25) is 0 Å². The summed E-state index contributed by atoms with van der Waals surface area (Å²) in [6.07, 6.45) is 1.48. The van der Waals surface area contributed by atoms with Crippen LogP contribution in [0.25, 0.3) is 0 Å². The molecule has 0 saturated heterocycles. The molecular weight excluding hydrogens is 314 g/mol. The molecule has 0 aliphatic carbocycles. The van der Waals surface area contributed by atoms with Crippen LogP contribution >= 0.6 is 28.1 Å². The van der Waals surface area contributed by atoms with Gasteiger partial charge >= 0.3 is 0 Å². The number of hydrogen-bond donors (Lipinski definition) is 2. The predicted octanol–water partition coefficient (Wildman–Crippen LogP) is 1.26. The average Bonchev–Trinajstić information content (AvgIpc) is 2.20. The van der Waals surface area contributed by atoms with Crippen molar-refractivity contribution in [1.29, 1.82) is 0 Å². The second-order valence-electron chi connectivity index (χ2n) is 3.03. The lowest BCUT2D eigenvalue weighted by Gasteiger charge is -2.13. The first kappa shape index (κ1) is 13.3. The summed E-state index contributed by atoms with van der Waals surface area (Å²) in [5.74, 6) is 0.214. The number of sulfonamides is 1. The van der Waals surface area contributed by atoms with Crippen LogP contribution in [0.5, 0.6) is 0 Å². The van der Waals surface area contributed by atoms with Crippen LogP contribution < -0.4 is 10.5 Å². The van der Waals surface area contributed by atoms with Gasteiger partial charge in [0, 0.05) is 6.20 Å². The van der Waals surface area contributed by atoms with Crippen molar-refractivity contribution in [3.8, 4) is 0 Å². The fraction of sp³-hybridized carbons (Fsp3) is 0.250. The highest BCUT2D eigenvalue weighted by atomic mass is 79.9. The number of nitrogens with zero attached hydrogens (tertiary/aromatic N) is 1. The van der Waals surface area contributed by atoms with Gasteiger partial charge in [0.1, 0.15) is 5.25 Å². The van der Waals surface area contributed by atoms with Gasteiger partial charge in [-0.1, -0.05) is 12.2 Å². The monoisotopic (exact) mass is 323 g/mol. The van der Waals surface area contributed by atoms with Crippen molar-refractivity contribution in [3.05, 3.63) is 22.8 Å². The Labute approximate surface area is 108 Å². The van der Waals surface area contributed by atoms with Crippen LogP contribution in [0.15, 0.2) is 22.8 Å². The van der Waals surface area contributed by atoms with Crippen molar-refractivity contribution in [2.24, 2.45) is 5.73 Å². The third kappa shape index (κ3) is 3.13. The van der Waals surface area contributed by atoms with E-state index in [2.05, 4.69) is 37.9 Å². The standard InChI is InChI=1S/C8H10BrN3O2S2/c1-5(7(10)15)16(13,14)12-8-6(9)3-2-4-11-8/h2-5H,1H3,(H2,10,15)(H,11,12). The molecule has 8 heteroatoms. The van der Waals surface area contributed by atoms with Gasteiger partial charge in [-0.15, -0.1) is 0 Å². The van der Waals surface area contributed by atoms with Gasteiger partial charge in [0.15, 0.2) is 5.82 Å². The van der Waals surface area contributed by atoms with E-state index in [-0.39, 0.29) is 10.8 Å². The molecule has 0 aromatic carbocycles. The zero-order valence-corrected chi connectivity index (χ0v) is 11.6. The first-order valence-corrected chi connectivity index (χ1v) is 7.01. The number of rotatable bonds is 4. The Morgan fingerprint density at radius 1 is 1.69 bits per heavy atom. The second kappa shape index (κ2) is 5.07. The number of pyridine rings is 1. The Bertz CT molecular complexity index is 504. The minimum absolute atomic E-state index is 0.0837. The van der Waals surface area contributed by atoms with Crippen molar-refractivity contribution in [2.75, 3.05) is 4.72 Å². The molecule has 0 bridgehead atoms. The maximum Gasteiger partial charge on any atom is 0.243 e. The molecule has 1 aromatic rings. The lowest BCUT2D eigenvalue weighted by atomic mass is 10.5. The van der Waals surface area contributed by atoms with E-state index in [1.807, 2.05) is 0 Å². The van der Waals surface area contributed by atoms with Crippen LogP contribution in [-0.4, -0.2) is 23.6 Å². The van der Waals surface area contributed by atoms with Gasteiger partial charge in [0.05, 0.1) is 9.46 Å². The van der Waals surface area contributed by atoms with Crippen LogP contribution in [0, 0.1) is 0 Å². The highest BCUT2D eigenvalue weighted by molar-refractivity contribution is 9.10. The van der Waals surface area contributed by atoms with E-state index in [0.29, 0.717) is 4.47 Å². The molecule has 0 radical (unpaired) electrons. The number of anilines is 1. The number of halogens is 1. The number of aromatic nitrogens is 1. The number of nitrogens with one attached hydrogen (secondary N) is 1. The molecule has 88 valence electrons. The summed E-state index contributed by atoms with van der Waals surface area (Å²) in [6.45, 7) is 1.42. The van der Waals surface area contributed by atoms with E-state index in [4.69, 9.17) is 5.73 Å². The summed E-state index contributed by atoms with van der Waals surface area (Å²) in [7, 11) is -3.64. The van der Waals surface area contributed by atoms with Crippen LogP contribution in [0.3, 0.4) is 0 Å². The molecule has 5 nitrogen and oxygen atoms in total. The fourth-order valence-corrected chi connectivity index (χ4v) is 2.62. The molecule has 1 unspecified atom stereocenters. The summed E-state index contributed by atoms with van der Waals surface area (Å²) >= 11 is 7.82. The Morgan fingerprint density at radius 3 is 2.81 bits per heavy atom. The summed E-state index contributed by atoms with van der Waals surface area (Å²) in [5.41, 5.74) is 5.29. The average molecular weight is 324 g/mol. The van der Waals surface area contributed by atoms with E-state index in [0.717, 1.165) is 0 Å². The lowest BCUT2D eigenvalue weighted by Crippen LogP contribution is -2.35. The van der Waals surface area contributed by atoms with E-state index >= 15 is 0 Å². The van der Waals surface area contributed by atoms with E-state index in [1.54, 1.807) is 12.1 Å². The molecule has 1 heterocycles. The number of thiocarbonyl (C=S) groups is 1. The molecule has 16 heavy (non-hydrogen) atoms. The molecule has 0 saturated carbocycles. The molecule has 0 aliphatic heterocycles. The molecular formula is C8H10BrN3O2S2. The van der Waals surface area contributed by atoms with Crippen molar-refractivity contribution in [1.82, 2.24) is 4.98 Å². The van der Waals surface area contributed by atoms with Crippen LogP contribution in [0.1, 0.15) is 6.92 Å². The minimum atomic E-state index is -3.64. The zero-order chi connectivity index (χ0) is 12.3. The number of hydrogen-bond acceptors (Lipinski definition) is 4. The second-order valence-corrected chi connectivity index (χ2v) is 6.35. The molecule has 0 amide bonds. The summed E-state index contributed by atoms with van der Waals surface area (Å²) in [4.78, 5) is 3.80. The van der Waals surface area contributed by atoms with Crippen molar-refractivity contribution < 1.29 is 8.42 Å². The fourth-order valence-electron chi connectivity index (χ4n) is 0.837.